The Morgan fingerprint density at radius 2 is 2.00 bits per heavy atom. The first-order valence-corrected chi connectivity index (χ1v) is 7.57. The third-order valence-electron chi connectivity index (χ3n) is 4.05. The highest BCUT2D eigenvalue weighted by molar-refractivity contribution is 5.85. The number of halogens is 1. The fourth-order valence-corrected chi connectivity index (χ4v) is 2.32. The van der Waals surface area contributed by atoms with Gasteiger partial charge in [-0.1, -0.05) is 26.0 Å². The van der Waals surface area contributed by atoms with Crippen LogP contribution in [-0.2, 0) is 11.3 Å². The number of para-hydroxylation sites is 2. The van der Waals surface area contributed by atoms with Crippen molar-refractivity contribution in [1.29, 1.82) is 0 Å². The highest BCUT2D eigenvalue weighted by atomic mass is 35.5. The zero-order chi connectivity index (χ0) is 16.3. The number of aromatic nitrogens is 2. The number of amides is 1. The van der Waals surface area contributed by atoms with E-state index in [2.05, 4.69) is 18.8 Å². The number of hydrogen-bond donors (Lipinski definition) is 2. The number of imidazole rings is 1. The van der Waals surface area contributed by atoms with E-state index in [1.165, 1.54) is 4.57 Å². The smallest absolute Gasteiger partial charge is 0.326 e. The molecule has 1 aromatic carbocycles. The van der Waals surface area contributed by atoms with Crippen molar-refractivity contribution >= 4 is 29.3 Å². The lowest BCUT2D eigenvalue weighted by atomic mass is 10.0. The van der Waals surface area contributed by atoms with Gasteiger partial charge in [0, 0.05) is 19.6 Å². The Labute approximate surface area is 142 Å². The molecule has 0 aliphatic rings. The van der Waals surface area contributed by atoms with Gasteiger partial charge >= 0.3 is 5.69 Å². The molecule has 2 rings (SSSR count). The van der Waals surface area contributed by atoms with Gasteiger partial charge in [0.05, 0.1) is 11.0 Å². The van der Waals surface area contributed by atoms with E-state index in [0.29, 0.717) is 12.5 Å². The standard InChI is InChI=1S/C16H24N4O2.ClH/c1-11(2)12(17)8-9-19(3)15(21)10-20-14-7-5-4-6-13(14)18-16(20)22;/h4-7,11-12H,8-10,17H2,1-3H3,(H,18,22);1H. The molecule has 128 valence electrons. The fraction of sp³-hybridized carbons (Fsp3) is 0.500. The van der Waals surface area contributed by atoms with Gasteiger partial charge in [0.25, 0.3) is 0 Å². The summed E-state index contributed by atoms with van der Waals surface area (Å²) in [6.07, 6.45) is 0.753. The summed E-state index contributed by atoms with van der Waals surface area (Å²) in [5.74, 6) is 0.294. The Bertz CT molecular complexity index is 707. The van der Waals surface area contributed by atoms with Gasteiger partial charge in [0.2, 0.25) is 5.91 Å². The average molecular weight is 341 g/mol. The zero-order valence-corrected chi connectivity index (χ0v) is 14.6. The molecular formula is C16H25ClN4O2. The van der Waals surface area contributed by atoms with Crippen LogP contribution in [0.25, 0.3) is 11.0 Å². The number of nitrogens with one attached hydrogen (secondary N) is 1. The van der Waals surface area contributed by atoms with Gasteiger partial charge in [0.1, 0.15) is 6.54 Å². The zero-order valence-electron chi connectivity index (χ0n) is 13.8. The van der Waals surface area contributed by atoms with E-state index < -0.39 is 0 Å². The van der Waals surface area contributed by atoms with Gasteiger partial charge in [-0.2, -0.15) is 0 Å². The number of fused-ring (bicyclic) bond motifs is 1. The molecule has 1 heterocycles. The predicted molar refractivity (Wildman–Crippen MR) is 94.9 cm³/mol. The Balaban J connectivity index is 0.00000264. The molecule has 6 nitrogen and oxygen atoms in total. The quantitative estimate of drug-likeness (QED) is 0.837. The topological polar surface area (TPSA) is 84.1 Å². The van der Waals surface area contributed by atoms with Crippen molar-refractivity contribution in [3.05, 3.63) is 34.7 Å². The minimum Gasteiger partial charge on any atom is -0.344 e. The Hall–Kier alpha value is -1.79. The first kappa shape index (κ1) is 19.3. The molecule has 23 heavy (non-hydrogen) atoms. The van der Waals surface area contributed by atoms with Gasteiger partial charge in [-0.25, -0.2) is 4.79 Å². The summed E-state index contributed by atoms with van der Waals surface area (Å²) in [6, 6.07) is 7.43. The summed E-state index contributed by atoms with van der Waals surface area (Å²) in [5, 5.41) is 0. The molecule has 7 heteroatoms. The summed E-state index contributed by atoms with van der Waals surface area (Å²) >= 11 is 0. The second-order valence-corrected chi connectivity index (χ2v) is 6.05. The highest BCUT2D eigenvalue weighted by Crippen LogP contribution is 2.09. The SMILES string of the molecule is CC(C)C(N)CCN(C)C(=O)Cn1c(=O)[nH]c2ccccc21.Cl. The average Bonchev–Trinajstić information content (AvgIpc) is 2.80. The molecule has 0 saturated heterocycles. The van der Waals surface area contributed by atoms with E-state index in [1.807, 2.05) is 24.3 Å². The molecule has 2 aromatic rings. The van der Waals surface area contributed by atoms with E-state index in [1.54, 1.807) is 11.9 Å². The van der Waals surface area contributed by atoms with Crippen LogP contribution in [0.2, 0.25) is 0 Å². The third kappa shape index (κ3) is 4.59. The van der Waals surface area contributed by atoms with Crippen LogP contribution in [0.15, 0.2) is 29.1 Å². The maximum atomic E-state index is 12.3. The van der Waals surface area contributed by atoms with Gasteiger partial charge in [-0.05, 0) is 24.5 Å². The maximum Gasteiger partial charge on any atom is 0.326 e. The monoisotopic (exact) mass is 340 g/mol. The third-order valence-corrected chi connectivity index (χ3v) is 4.05. The molecule has 1 atom stereocenters. The van der Waals surface area contributed by atoms with Crippen LogP contribution in [0.4, 0.5) is 0 Å². The number of nitrogens with two attached hydrogens (primary N) is 1. The number of benzene rings is 1. The second kappa shape index (κ2) is 8.17. The number of rotatable bonds is 6. The van der Waals surface area contributed by atoms with E-state index in [9.17, 15) is 9.59 Å². The van der Waals surface area contributed by atoms with E-state index in [4.69, 9.17) is 5.73 Å². The molecule has 0 radical (unpaired) electrons. The Kier molecular flexibility index (Phi) is 6.84. The summed E-state index contributed by atoms with van der Waals surface area (Å²) in [4.78, 5) is 28.7. The Morgan fingerprint density at radius 3 is 2.65 bits per heavy atom. The number of hydrogen-bond acceptors (Lipinski definition) is 3. The largest absolute Gasteiger partial charge is 0.344 e. The summed E-state index contributed by atoms with van der Waals surface area (Å²) in [5.41, 5.74) is 7.22. The molecule has 1 unspecified atom stereocenters. The molecule has 1 amide bonds. The van der Waals surface area contributed by atoms with Gasteiger partial charge in [-0.15, -0.1) is 12.4 Å². The van der Waals surface area contributed by atoms with Gasteiger partial charge in [0.15, 0.2) is 0 Å². The first-order valence-electron chi connectivity index (χ1n) is 7.57. The van der Waals surface area contributed by atoms with Gasteiger partial charge in [-0.3, -0.25) is 9.36 Å². The van der Waals surface area contributed by atoms with Crippen molar-refractivity contribution in [2.45, 2.75) is 32.9 Å². The van der Waals surface area contributed by atoms with Crippen LogP contribution in [0, 0.1) is 5.92 Å². The number of nitrogens with zero attached hydrogens (tertiary/aromatic N) is 2. The van der Waals surface area contributed by atoms with Crippen LogP contribution in [0.3, 0.4) is 0 Å². The number of likely N-dealkylation sites (N-methyl/N-ethyl adjacent to an activating group) is 1. The van der Waals surface area contributed by atoms with E-state index >= 15 is 0 Å². The van der Waals surface area contributed by atoms with Crippen molar-refractivity contribution in [2.24, 2.45) is 11.7 Å². The lowest BCUT2D eigenvalue weighted by molar-refractivity contribution is -0.130. The van der Waals surface area contributed by atoms with Gasteiger partial charge < -0.3 is 15.6 Å². The number of carbonyl (C=O) groups excluding carboxylic acids is 1. The molecule has 0 saturated carbocycles. The molecule has 1 aromatic heterocycles. The summed E-state index contributed by atoms with van der Waals surface area (Å²) < 4.78 is 1.47. The van der Waals surface area contributed by atoms with Crippen molar-refractivity contribution in [2.75, 3.05) is 13.6 Å². The van der Waals surface area contributed by atoms with E-state index in [-0.39, 0.29) is 36.6 Å². The van der Waals surface area contributed by atoms with Crippen molar-refractivity contribution in [3.8, 4) is 0 Å². The highest BCUT2D eigenvalue weighted by Gasteiger charge is 2.15. The minimum absolute atomic E-state index is 0. The minimum atomic E-state index is -0.262. The molecule has 0 spiro atoms. The van der Waals surface area contributed by atoms with Crippen LogP contribution < -0.4 is 11.4 Å². The summed E-state index contributed by atoms with van der Waals surface area (Å²) in [7, 11) is 1.75. The van der Waals surface area contributed by atoms with Crippen molar-refractivity contribution in [3.63, 3.8) is 0 Å². The van der Waals surface area contributed by atoms with Crippen LogP contribution >= 0.6 is 12.4 Å². The van der Waals surface area contributed by atoms with Crippen LogP contribution in [0.5, 0.6) is 0 Å². The van der Waals surface area contributed by atoms with Crippen LogP contribution in [0.1, 0.15) is 20.3 Å². The van der Waals surface area contributed by atoms with Crippen LogP contribution in [-0.4, -0.2) is 40.0 Å². The second-order valence-electron chi connectivity index (χ2n) is 6.05. The molecule has 0 aliphatic heterocycles. The molecule has 0 bridgehead atoms. The molecule has 0 aliphatic carbocycles. The summed E-state index contributed by atoms with van der Waals surface area (Å²) in [6.45, 7) is 4.77. The molecular weight excluding hydrogens is 316 g/mol. The lowest BCUT2D eigenvalue weighted by Crippen LogP contribution is -2.37. The van der Waals surface area contributed by atoms with Crippen molar-refractivity contribution < 1.29 is 4.79 Å². The first-order chi connectivity index (χ1) is 10.4. The van der Waals surface area contributed by atoms with E-state index in [0.717, 1.165) is 17.5 Å². The fourth-order valence-electron chi connectivity index (χ4n) is 2.32. The predicted octanol–water partition coefficient (Wildman–Crippen LogP) is 1.58. The maximum absolute atomic E-state index is 12.3. The number of H-pyrrole nitrogens is 1. The number of aromatic amines is 1. The molecule has 3 N–H and O–H groups in total. The lowest BCUT2D eigenvalue weighted by Gasteiger charge is -2.21. The normalized spacial score (nSPS) is 12.2. The number of carbonyl (C=O) groups is 1. The van der Waals surface area contributed by atoms with Crippen molar-refractivity contribution in [1.82, 2.24) is 14.5 Å². The molecule has 0 fully saturated rings. The Morgan fingerprint density at radius 1 is 1.35 bits per heavy atom.